The summed E-state index contributed by atoms with van der Waals surface area (Å²) in [5, 5.41) is 8.04. The van der Waals surface area contributed by atoms with Crippen LogP contribution in [0.25, 0.3) is 0 Å². The lowest BCUT2D eigenvalue weighted by Crippen LogP contribution is -2.39. The number of nitrogens with one attached hydrogen (secondary N) is 1. The van der Waals surface area contributed by atoms with Crippen molar-refractivity contribution < 1.29 is 17.9 Å². The van der Waals surface area contributed by atoms with Crippen LogP contribution in [0.1, 0.15) is 32.3 Å². The standard InChI is InChI=1S/C14H20N2O4S/c1-8(2)9(3)16-14(17)12-7-20-13-5-4-10(6-11(12)13)21(15,18)19/h4-6,8-9,12H,7H2,1-3H3,(H,16,17)(H2,15,18,19). The zero-order chi connectivity index (χ0) is 15.8. The lowest BCUT2D eigenvalue weighted by molar-refractivity contribution is -0.123. The van der Waals surface area contributed by atoms with Crippen LogP contribution in [0.2, 0.25) is 0 Å². The minimum Gasteiger partial charge on any atom is -0.492 e. The number of ether oxygens (including phenoxy) is 1. The maximum Gasteiger partial charge on any atom is 0.238 e. The highest BCUT2D eigenvalue weighted by Crippen LogP contribution is 2.35. The Bertz CT molecular complexity index is 655. The first-order valence-corrected chi connectivity index (χ1v) is 8.34. The van der Waals surface area contributed by atoms with Gasteiger partial charge in [-0.15, -0.1) is 0 Å². The minimum absolute atomic E-state index is 0.0125. The van der Waals surface area contributed by atoms with Crippen molar-refractivity contribution in [1.29, 1.82) is 0 Å². The van der Waals surface area contributed by atoms with Gasteiger partial charge in [0, 0.05) is 11.6 Å². The molecule has 2 atom stereocenters. The van der Waals surface area contributed by atoms with Gasteiger partial charge < -0.3 is 10.1 Å². The molecule has 2 unspecified atom stereocenters. The van der Waals surface area contributed by atoms with Crippen LogP contribution in [0.4, 0.5) is 0 Å². The molecule has 21 heavy (non-hydrogen) atoms. The van der Waals surface area contributed by atoms with Crippen LogP contribution >= 0.6 is 0 Å². The smallest absolute Gasteiger partial charge is 0.238 e. The number of primary sulfonamides is 1. The van der Waals surface area contributed by atoms with E-state index in [1.807, 2.05) is 20.8 Å². The Morgan fingerprint density at radius 1 is 1.38 bits per heavy atom. The zero-order valence-electron chi connectivity index (χ0n) is 12.3. The van der Waals surface area contributed by atoms with E-state index in [-0.39, 0.29) is 23.5 Å². The number of nitrogens with two attached hydrogens (primary N) is 1. The summed E-state index contributed by atoms with van der Waals surface area (Å²) in [4.78, 5) is 12.3. The van der Waals surface area contributed by atoms with Gasteiger partial charge in [-0.2, -0.15) is 0 Å². The molecule has 1 aliphatic rings. The van der Waals surface area contributed by atoms with Crippen LogP contribution in [-0.4, -0.2) is 27.0 Å². The molecular weight excluding hydrogens is 292 g/mol. The molecule has 1 amide bonds. The fourth-order valence-electron chi connectivity index (χ4n) is 2.08. The average molecular weight is 312 g/mol. The number of hydrogen-bond acceptors (Lipinski definition) is 4. The Hall–Kier alpha value is -1.60. The number of fused-ring (bicyclic) bond motifs is 1. The lowest BCUT2D eigenvalue weighted by atomic mass is 9.99. The molecule has 7 heteroatoms. The highest BCUT2D eigenvalue weighted by molar-refractivity contribution is 7.89. The van der Waals surface area contributed by atoms with Crippen LogP contribution < -0.4 is 15.2 Å². The summed E-state index contributed by atoms with van der Waals surface area (Å²) >= 11 is 0. The minimum atomic E-state index is -3.80. The summed E-state index contributed by atoms with van der Waals surface area (Å²) in [5.74, 6) is 0.163. The number of benzene rings is 1. The maximum atomic E-state index is 12.3. The molecule has 0 aromatic heterocycles. The monoisotopic (exact) mass is 312 g/mol. The van der Waals surface area contributed by atoms with E-state index in [1.165, 1.54) is 18.2 Å². The van der Waals surface area contributed by atoms with Crippen molar-refractivity contribution in [1.82, 2.24) is 5.32 Å². The molecule has 3 N–H and O–H groups in total. The Morgan fingerprint density at radius 3 is 2.62 bits per heavy atom. The molecule has 0 spiro atoms. The lowest BCUT2D eigenvalue weighted by Gasteiger charge is -2.19. The SMILES string of the molecule is CC(C)C(C)NC(=O)C1COc2ccc(S(N)(=O)=O)cc21. The number of carbonyl (C=O) groups is 1. The second-order valence-electron chi connectivity index (χ2n) is 5.65. The molecule has 0 aliphatic carbocycles. The molecule has 0 saturated carbocycles. The van der Waals surface area contributed by atoms with Crippen LogP contribution in [-0.2, 0) is 14.8 Å². The Kier molecular flexibility index (Phi) is 4.25. The van der Waals surface area contributed by atoms with Crippen LogP contribution in [0.5, 0.6) is 5.75 Å². The maximum absolute atomic E-state index is 12.3. The zero-order valence-corrected chi connectivity index (χ0v) is 13.1. The quantitative estimate of drug-likeness (QED) is 0.865. The van der Waals surface area contributed by atoms with Gasteiger partial charge in [-0.1, -0.05) is 13.8 Å². The third-order valence-corrected chi connectivity index (χ3v) is 4.69. The number of hydrogen-bond donors (Lipinski definition) is 2. The summed E-state index contributed by atoms with van der Waals surface area (Å²) in [6.07, 6.45) is 0. The molecule has 0 bridgehead atoms. The Labute approximate surface area is 124 Å². The van der Waals surface area contributed by atoms with Crippen molar-refractivity contribution in [3.63, 3.8) is 0 Å². The van der Waals surface area contributed by atoms with E-state index in [2.05, 4.69) is 5.32 Å². The fraction of sp³-hybridized carbons (Fsp3) is 0.500. The molecule has 1 heterocycles. The largest absolute Gasteiger partial charge is 0.492 e. The molecular formula is C14H20N2O4S. The van der Waals surface area contributed by atoms with Gasteiger partial charge in [0.25, 0.3) is 0 Å². The third-order valence-electron chi connectivity index (χ3n) is 3.78. The summed E-state index contributed by atoms with van der Waals surface area (Å²) in [6, 6.07) is 4.37. The van der Waals surface area contributed by atoms with E-state index in [4.69, 9.17) is 9.88 Å². The first-order valence-electron chi connectivity index (χ1n) is 6.80. The predicted octanol–water partition coefficient (Wildman–Crippen LogP) is 0.971. The van der Waals surface area contributed by atoms with E-state index >= 15 is 0 Å². The second-order valence-corrected chi connectivity index (χ2v) is 7.21. The summed E-state index contributed by atoms with van der Waals surface area (Å²) in [7, 11) is -3.80. The summed E-state index contributed by atoms with van der Waals surface area (Å²) in [6.45, 7) is 6.17. The van der Waals surface area contributed by atoms with E-state index in [9.17, 15) is 13.2 Å². The molecule has 2 rings (SSSR count). The fourth-order valence-corrected chi connectivity index (χ4v) is 2.63. The number of carbonyl (C=O) groups excluding carboxylic acids is 1. The first kappa shape index (κ1) is 15.8. The molecule has 6 nitrogen and oxygen atoms in total. The molecule has 1 aromatic rings. The molecule has 0 fully saturated rings. The highest BCUT2D eigenvalue weighted by atomic mass is 32.2. The van der Waals surface area contributed by atoms with E-state index < -0.39 is 15.9 Å². The topological polar surface area (TPSA) is 98.5 Å². The molecule has 1 aromatic carbocycles. The van der Waals surface area contributed by atoms with Crippen molar-refractivity contribution in [2.24, 2.45) is 11.1 Å². The number of rotatable bonds is 4. The molecule has 0 radical (unpaired) electrons. The van der Waals surface area contributed by atoms with E-state index in [0.29, 0.717) is 17.2 Å². The van der Waals surface area contributed by atoms with Crippen molar-refractivity contribution in [2.45, 2.75) is 37.6 Å². The molecule has 1 aliphatic heterocycles. The van der Waals surface area contributed by atoms with Gasteiger partial charge in [-0.3, -0.25) is 4.79 Å². The van der Waals surface area contributed by atoms with Crippen molar-refractivity contribution in [2.75, 3.05) is 6.61 Å². The van der Waals surface area contributed by atoms with Gasteiger partial charge in [0.15, 0.2) is 0 Å². The highest BCUT2D eigenvalue weighted by Gasteiger charge is 2.32. The van der Waals surface area contributed by atoms with E-state index in [1.54, 1.807) is 0 Å². The second kappa shape index (κ2) is 5.65. The first-order chi connectivity index (χ1) is 9.70. The molecule has 0 saturated heterocycles. The normalized spacial score (nSPS) is 19.0. The van der Waals surface area contributed by atoms with Crippen LogP contribution in [0.3, 0.4) is 0 Å². The number of sulfonamides is 1. The van der Waals surface area contributed by atoms with Gasteiger partial charge in [0.05, 0.1) is 4.90 Å². The average Bonchev–Trinajstić information content (AvgIpc) is 2.80. The predicted molar refractivity (Wildman–Crippen MR) is 78.5 cm³/mol. The van der Waals surface area contributed by atoms with Gasteiger partial charge in [-0.25, -0.2) is 13.6 Å². The van der Waals surface area contributed by atoms with Crippen molar-refractivity contribution in [3.05, 3.63) is 23.8 Å². The Balaban J connectivity index is 2.26. The van der Waals surface area contributed by atoms with Gasteiger partial charge >= 0.3 is 0 Å². The van der Waals surface area contributed by atoms with Crippen molar-refractivity contribution in [3.8, 4) is 5.75 Å². The van der Waals surface area contributed by atoms with Crippen LogP contribution in [0.15, 0.2) is 23.1 Å². The van der Waals surface area contributed by atoms with E-state index in [0.717, 1.165) is 0 Å². The van der Waals surface area contributed by atoms with Gasteiger partial charge in [-0.05, 0) is 31.0 Å². The summed E-state index contributed by atoms with van der Waals surface area (Å²) < 4.78 is 28.3. The van der Waals surface area contributed by atoms with Gasteiger partial charge in [0.2, 0.25) is 15.9 Å². The van der Waals surface area contributed by atoms with Gasteiger partial charge in [0.1, 0.15) is 18.3 Å². The third kappa shape index (κ3) is 3.36. The molecule has 116 valence electrons. The van der Waals surface area contributed by atoms with Crippen LogP contribution in [0, 0.1) is 5.92 Å². The Morgan fingerprint density at radius 2 is 2.05 bits per heavy atom. The number of amides is 1. The summed E-state index contributed by atoms with van der Waals surface area (Å²) in [5.41, 5.74) is 0.565. The van der Waals surface area contributed by atoms with Crippen molar-refractivity contribution >= 4 is 15.9 Å².